The van der Waals surface area contributed by atoms with Crippen LogP contribution in [0.2, 0.25) is 0 Å². The van der Waals surface area contributed by atoms with Crippen LogP contribution in [0.1, 0.15) is 25.0 Å². The van der Waals surface area contributed by atoms with E-state index in [0.29, 0.717) is 17.6 Å². The van der Waals surface area contributed by atoms with E-state index in [0.717, 1.165) is 66.0 Å². The highest BCUT2D eigenvalue weighted by molar-refractivity contribution is 6.14. The Labute approximate surface area is 340 Å². The molecular weight excluding hydrogens is 721 g/mol. The van der Waals surface area contributed by atoms with Crippen molar-refractivity contribution in [1.82, 2.24) is 19.5 Å². The van der Waals surface area contributed by atoms with E-state index in [9.17, 15) is 0 Å². The number of rotatable bonds is 5. The van der Waals surface area contributed by atoms with Crippen LogP contribution in [0, 0.1) is 0 Å². The van der Waals surface area contributed by atoms with E-state index in [-0.39, 0.29) is 5.41 Å². The molecular formula is C54H36N4O. The molecule has 3 aromatic heterocycles. The molecule has 1 aliphatic rings. The summed E-state index contributed by atoms with van der Waals surface area (Å²) in [5.41, 5.74) is 15.4. The molecule has 278 valence electrons. The maximum atomic E-state index is 6.33. The number of benzene rings is 8. The summed E-state index contributed by atoms with van der Waals surface area (Å²) in [6.07, 6.45) is 0. The minimum atomic E-state index is -0.0775. The number of nitrogens with zero attached hydrogens (tertiary/aromatic N) is 4. The summed E-state index contributed by atoms with van der Waals surface area (Å²) in [6.45, 7) is 4.68. The van der Waals surface area contributed by atoms with E-state index >= 15 is 0 Å². The second-order valence-electron chi connectivity index (χ2n) is 16.0. The van der Waals surface area contributed by atoms with Crippen LogP contribution in [0.4, 0.5) is 0 Å². The number of furan rings is 1. The van der Waals surface area contributed by atoms with Gasteiger partial charge in [-0.2, -0.15) is 9.97 Å². The number of para-hydroxylation sites is 3. The average molecular weight is 757 g/mol. The number of hydrogen-bond donors (Lipinski definition) is 0. The predicted octanol–water partition coefficient (Wildman–Crippen LogP) is 13.8. The molecule has 0 atom stereocenters. The molecule has 0 aliphatic heterocycles. The molecule has 0 N–H and O–H groups in total. The van der Waals surface area contributed by atoms with E-state index in [1.165, 1.54) is 33.4 Å². The summed E-state index contributed by atoms with van der Waals surface area (Å²) >= 11 is 0. The summed E-state index contributed by atoms with van der Waals surface area (Å²) in [5, 5.41) is 4.41. The Morgan fingerprint density at radius 2 is 1.03 bits per heavy atom. The van der Waals surface area contributed by atoms with Gasteiger partial charge in [-0.15, -0.1) is 0 Å². The van der Waals surface area contributed by atoms with Gasteiger partial charge in [-0.25, -0.2) is 4.98 Å². The normalized spacial score (nSPS) is 13.1. The van der Waals surface area contributed by atoms with Crippen molar-refractivity contribution in [2.24, 2.45) is 0 Å². The molecule has 3 heterocycles. The molecule has 1 aliphatic carbocycles. The molecule has 0 radical (unpaired) electrons. The highest BCUT2D eigenvalue weighted by Crippen LogP contribution is 2.52. The zero-order valence-corrected chi connectivity index (χ0v) is 32.5. The quantitative estimate of drug-likeness (QED) is 0.175. The lowest BCUT2D eigenvalue weighted by Gasteiger charge is -2.21. The van der Waals surface area contributed by atoms with Crippen LogP contribution in [0.25, 0.3) is 106 Å². The van der Waals surface area contributed by atoms with Gasteiger partial charge in [0.1, 0.15) is 11.2 Å². The van der Waals surface area contributed by atoms with Crippen molar-refractivity contribution in [3.05, 3.63) is 193 Å². The fraction of sp³-hybridized carbons (Fsp3) is 0.0556. The summed E-state index contributed by atoms with van der Waals surface area (Å²) in [4.78, 5) is 15.7. The van der Waals surface area contributed by atoms with Crippen molar-refractivity contribution in [2.45, 2.75) is 19.3 Å². The van der Waals surface area contributed by atoms with Crippen molar-refractivity contribution in [3.63, 3.8) is 0 Å². The maximum Gasteiger partial charge on any atom is 0.238 e. The van der Waals surface area contributed by atoms with Crippen LogP contribution < -0.4 is 0 Å². The zero-order chi connectivity index (χ0) is 39.2. The van der Waals surface area contributed by atoms with Crippen LogP contribution >= 0.6 is 0 Å². The van der Waals surface area contributed by atoms with Gasteiger partial charge in [0.15, 0.2) is 11.6 Å². The van der Waals surface area contributed by atoms with Gasteiger partial charge in [0.2, 0.25) is 5.95 Å². The molecule has 0 fully saturated rings. The van der Waals surface area contributed by atoms with Crippen LogP contribution in [0.5, 0.6) is 0 Å². The first-order valence-corrected chi connectivity index (χ1v) is 20.1. The molecule has 0 saturated carbocycles. The van der Waals surface area contributed by atoms with Crippen molar-refractivity contribution in [1.29, 1.82) is 0 Å². The standard InChI is InChI=1S/C54H36N4O/c1-54(2)44-25-9-6-21-43(44)49-37(22-14-26-45(49)54)34-17-12-18-35(31-34)38-23-13-24-42-39-19-7-10-27-46(39)58(50(38)42)53-56-51(33-15-4-3-5-16-33)55-52(57-53)36-29-30-41-40-20-8-11-28-47(40)59-48(41)32-36/h3-32H,1-2H3. The molecule has 5 nitrogen and oxygen atoms in total. The van der Waals surface area contributed by atoms with Gasteiger partial charge in [-0.1, -0.05) is 166 Å². The number of fused-ring (bicyclic) bond motifs is 9. The Balaban J connectivity index is 1.09. The van der Waals surface area contributed by atoms with E-state index in [1.54, 1.807) is 0 Å². The van der Waals surface area contributed by atoms with Crippen molar-refractivity contribution >= 4 is 43.7 Å². The second-order valence-corrected chi connectivity index (χ2v) is 16.0. The first-order chi connectivity index (χ1) is 29.0. The molecule has 0 saturated heterocycles. The molecule has 0 bridgehead atoms. The van der Waals surface area contributed by atoms with Gasteiger partial charge in [0, 0.05) is 43.7 Å². The minimum Gasteiger partial charge on any atom is -0.456 e. The Morgan fingerprint density at radius 3 is 1.92 bits per heavy atom. The third kappa shape index (κ3) is 5.08. The molecule has 11 aromatic rings. The molecule has 0 unspecified atom stereocenters. The van der Waals surface area contributed by atoms with Crippen LogP contribution in [-0.2, 0) is 5.41 Å². The lowest BCUT2D eigenvalue weighted by Crippen LogP contribution is -2.14. The Morgan fingerprint density at radius 1 is 0.424 bits per heavy atom. The Bertz CT molecular complexity index is 3480. The highest BCUT2D eigenvalue weighted by Gasteiger charge is 2.36. The summed E-state index contributed by atoms with van der Waals surface area (Å²) in [6, 6.07) is 64.3. The summed E-state index contributed by atoms with van der Waals surface area (Å²) < 4.78 is 8.55. The van der Waals surface area contributed by atoms with Gasteiger partial charge in [-0.05, 0) is 69.3 Å². The zero-order valence-electron chi connectivity index (χ0n) is 32.5. The van der Waals surface area contributed by atoms with Crippen LogP contribution in [0.3, 0.4) is 0 Å². The van der Waals surface area contributed by atoms with Crippen LogP contribution in [-0.4, -0.2) is 19.5 Å². The van der Waals surface area contributed by atoms with Gasteiger partial charge in [0.05, 0.1) is 11.0 Å². The Kier molecular flexibility index (Phi) is 7.20. The van der Waals surface area contributed by atoms with Crippen molar-refractivity contribution < 1.29 is 4.42 Å². The smallest absolute Gasteiger partial charge is 0.238 e. The molecule has 5 heteroatoms. The molecule has 0 spiro atoms. The van der Waals surface area contributed by atoms with Crippen LogP contribution in [0.15, 0.2) is 186 Å². The molecule has 8 aromatic carbocycles. The van der Waals surface area contributed by atoms with Crippen molar-refractivity contribution in [2.75, 3.05) is 0 Å². The molecule has 12 rings (SSSR count). The third-order valence-electron chi connectivity index (χ3n) is 12.3. The lowest BCUT2D eigenvalue weighted by molar-refractivity contribution is 0.660. The molecule has 0 amide bonds. The highest BCUT2D eigenvalue weighted by atomic mass is 16.3. The largest absolute Gasteiger partial charge is 0.456 e. The minimum absolute atomic E-state index is 0.0775. The lowest BCUT2D eigenvalue weighted by atomic mass is 9.82. The first-order valence-electron chi connectivity index (χ1n) is 20.1. The third-order valence-corrected chi connectivity index (χ3v) is 12.3. The monoisotopic (exact) mass is 756 g/mol. The predicted molar refractivity (Wildman–Crippen MR) is 241 cm³/mol. The van der Waals surface area contributed by atoms with E-state index in [2.05, 4.69) is 146 Å². The second kappa shape index (κ2) is 12.7. The topological polar surface area (TPSA) is 56.7 Å². The average Bonchev–Trinajstić information content (AvgIpc) is 3.92. The molecule has 59 heavy (non-hydrogen) atoms. The van der Waals surface area contributed by atoms with Crippen molar-refractivity contribution in [3.8, 4) is 62.1 Å². The SMILES string of the molecule is CC1(C)c2ccccc2-c2c(-c3cccc(-c4cccc5c6ccccc6n(-c6nc(-c7ccccc7)nc(-c7ccc8c(c7)oc7ccccc78)n6)c45)c3)cccc21. The van der Waals surface area contributed by atoms with E-state index < -0.39 is 0 Å². The number of hydrogen-bond acceptors (Lipinski definition) is 4. The fourth-order valence-corrected chi connectivity index (χ4v) is 9.48. The first kappa shape index (κ1) is 33.5. The summed E-state index contributed by atoms with van der Waals surface area (Å²) in [7, 11) is 0. The van der Waals surface area contributed by atoms with Gasteiger partial charge in [-0.3, -0.25) is 4.57 Å². The fourth-order valence-electron chi connectivity index (χ4n) is 9.48. The van der Waals surface area contributed by atoms with Gasteiger partial charge < -0.3 is 4.42 Å². The van der Waals surface area contributed by atoms with E-state index in [4.69, 9.17) is 19.4 Å². The Hall–Kier alpha value is -7.63. The number of aromatic nitrogens is 4. The summed E-state index contributed by atoms with van der Waals surface area (Å²) in [5.74, 6) is 1.72. The van der Waals surface area contributed by atoms with Gasteiger partial charge >= 0.3 is 0 Å². The van der Waals surface area contributed by atoms with E-state index in [1.807, 2.05) is 54.6 Å². The van der Waals surface area contributed by atoms with Gasteiger partial charge in [0.25, 0.3) is 0 Å². The maximum absolute atomic E-state index is 6.33.